The predicted molar refractivity (Wildman–Crippen MR) is 93.5 cm³/mol. The summed E-state index contributed by atoms with van der Waals surface area (Å²) in [7, 11) is 0. The van der Waals surface area contributed by atoms with Crippen LogP contribution in [0.1, 0.15) is 28.1 Å². The molecule has 2 N–H and O–H groups in total. The standard InChI is InChI=1S/C15H14Br2N2OS/c16-12-7-13(21-14(12)17)15(20)19(11-5-6-11)8-9-1-3-10(18)4-2-9/h1-4,7,11H,5-6,8,18H2. The highest BCUT2D eigenvalue weighted by atomic mass is 79.9. The second kappa shape index (κ2) is 6.10. The first-order valence-electron chi connectivity index (χ1n) is 6.65. The van der Waals surface area contributed by atoms with Crippen LogP contribution in [0.15, 0.2) is 38.6 Å². The van der Waals surface area contributed by atoms with Crippen molar-refractivity contribution < 1.29 is 4.79 Å². The summed E-state index contributed by atoms with van der Waals surface area (Å²) in [4.78, 5) is 15.5. The van der Waals surface area contributed by atoms with Crippen LogP contribution < -0.4 is 5.73 Å². The first kappa shape index (κ1) is 15.1. The fourth-order valence-electron chi connectivity index (χ4n) is 2.17. The fraction of sp³-hybridized carbons (Fsp3) is 0.267. The summed E-state index contributed by atoms with van der Waals surface area (Å²) in [6.07, 6.45) is 2.18. The maximum absolute atomic E-state index is 12.7. The lowest BCUT2D eigenvalue weighted by Gasteiger charge is -2.22. The van der Waals surface area contributed by atoms with E-state index in [1.54, 1.807) is 0 Å². The lowest BCUT2D eigenvalue weighted by Crippen LogP contribution is -2.32. The van der Waals surface area contributed by atoms with Gasteiger partial charge in [0.2, 0.25) is 0 Å². The summed E-state index contributed by atoms with van der Waals surface area (Å²) in [6, 6.07) is 9.98. The SMILES string of the molecule is Nc1ccc(CN(C(=O)c2cc(Br)c(Br)s2)C2CC2)cc1. The van der Waals surface area contributed by atoms with Gasteiger partial charge in [0.15, 0.2) is 0 Å². The van der Waals surface area contributed by atoms with Gasteiger partial charge < -0.3 is 10.6 Å². The maximum Gasteiger partial charge on any atom is 0.264 e. The molecule has 0 atom stereocenters. The van der Waals surface area contributed by atoms with Gasteiger partial charge >= 0.3 is 0 Å². The van der Waals surface area contributed by atoms with Gasteiger partial charge in [0, 0.05) is 22.7 Å². The zero-order valence-corrected chi connectivity index (χ0v) is 15.2. The van der Waals surface area contributed by atoms with E-state index in [1.807, 2.05) is 35.2 Å². The van der Waals surface area contributed by atoms with E-state index in [0.29, 0.717) is 12.6 Å². The van der Waals surface area contributed by atoms with Crippen LogP contribution in [0.3, 0.4) is 0 Å². The maximum atomic E-state index is 12.7. The fourth-order valence-corrected chi connectivity index (χ4v) is 4.16. The molecule has 0 radical (unpaired) electrons. The molecule has 2 aromatic rings. The molecule has 1 fully saturated rings. The molecule has 1 amide bonds. The molecule has 0 unspecified atom stereocenters. The number of anilines is 1. The quantitative estimate of drug-likeness (QED) is 0.718. The second-order valence-corrected chi connectivity index (χ2v) is 8.36. The Morgan fingerprint density at radius 1 is 1.29 bits per heavy atom. The minimum absolute atomic E-state index is 0.103. The molecule has 0 spiro atoms. The Morgan fingerprint density at radius 3 is 2.48 bits per heavy atom. The first-order valence-corrected chi connectivity index (χ1v) is 9.05. The topological polar surface area (TPSA) is 46.3 Å². The van der Waals surface area contributed by atoms with Gasteiger partial charge in [-0.3, -0.25) is 4.79 Å². The van der Waals surface area contributed by atoms with Crippen LogP contribution in [0.4, 0.5) is 5.69 Å². The molecule has 0 saturated heterocycles. The van der Waals surface area contributed by atoms with E-state index >= 15 is 0 Å². The molecule has 110 valence electrons. The van der Waals surface area contributed by atoms with Crippen LogP contribution in [-0.2, 0) is 6.54 Å². The van der Waals surface area contributed by atoms with Gasteiger partial charge in [0.25, 0.3) is 5.91 Å². The predicted octanol–water partition coefficient (Wildman–Crippen LogP) is 4.66. The smallest absolute Gasteiger partial charge is 0.264 e. The highest BCUT2D eigenvalue weighted by molar-refractivity contribution is 9.13. The van der Waals surface area contributed by atoms with Crippen LogP contribution in [0.25, 0.3) is 0 Å². The van der Waals surface area contributed by atoms with Crippen molar-refractivity contribution in [3.8, 4) is 0 Å². The molecule has 21 heavy (non-hydrogen) atoms. The summed E-state index contributed by atoms with van der Waals surface area (Å²) >= 11 is 8.36. The van der Waals surface area contributed by atoms with Gasteiger partial charge in [-0.2, -0.15) is 0 Å². The van der Waals surface area contributed by atoms with Crippen molar-refractivity contribution >= 4 is 54.8 Å². The molecule has 0 bridgehead atoms. The Morgan fingerprint density at radius 2 is 1.95 bits per heavy atom. The number of nitrogens with zero attached hydrogens (tertiary/aromatic N) is 1. The summed E-state index contributed by atoms with van der Waals surface area (Å²) in [5, 5.41) is 0. The van der Waals surface area contributed by atoms with Gasteiger partial charge in [-0.25, -0.2) is 0 Å². The molecule has 1 aliphatic carbocycles. The molecule has 1 saturated carbocycles. The summed E-state index contributed by atoms with van der Waals surface area (Å²) in [5.74, 6) is 0.103. The number of nitrogen functional groups attached to an aromatic ring is 1. The lowest BCUT2D eigenvalue weighted by molar-refractivity contribution is 0.0735. The molecule has 1 heterocycles. The number of amides is 1. The van der Waals surface area contributed by atoms with Gasteiger partial charge in [-0.15, -0.1) is 11.3 Å². The molecule has 1 aliphatic rings. The number of benzene rings is 1. The minimum atomic E-state index is 0.103. The van der Waals surface area contributed by atoms with Crippen molar-refractivity contribution in [2.75, 3.05) is 5.73 Å². The Labute approximate surface area is 144 Å². The van der Waals surface area contributed by atoms with Gasteiger partial charge in [0.1, 0.15) is 0 Å². The number of thiophene rings is 1. The number of rotatable bonds is 4. The van der Waals surface area contributed by atoms with Crippen molar-refractivity contribution in [1.82, 2.24) is 4.90 Å². The highest BCUT2D eigenvalue weighted by Gasteiger charge is 2.33. The van der Waals surface area contributed by atoms with Crippen molar-refractivity contribution in [2.24, 2.45) is 0 Å². The van der Waals surface area contributed by atoms with Gasteiger partial charge in [0.05, 0.1) is 8.66 Å². The van der Waals surface area contributed by atoms with Crippen LogP contribution in [0.2, 0.25) is 0 Å². The summed E-state index contributed by atoms with van der Waals surface area (Å²) in [5.41, 5.74) is 7.57. The van der Waals surface area contributed by atoms with Crippen LogP contribution in [-0.4, -0.2) is 16.8 Å². The van der Waals surface area contributed by atoms with Crippen LogP contribution in [0.5, 0.6) is 0 Å². The number of carbonyl (C=O) groups excluding carboxylic acids is 1. The zero-order valence-electron chi connectivity index (χ0n) is 11.2. The summed E-state index contributed by atoms with van der Waals surface area (Å²) in [6.45, 7) is 0.636. The molecular weight excluding hydrogens is 416 g/mol. The van der Waals surface area contributed by atoms with Crippen molar-refractivity contribution in [2.45, 2.75) is 25.4 Å². The van der Waals surface area contributed by atoms with Crippen molar-refractivity contribution in [3.63, 3.8) is 0 Å². The van der Waals surface area contributed by atoms with Crippen LogP contribution in [0, 0.1) is 0 Å². The second-order valence-electron chi connectivity index (χ2n) is 5.14. The van der Waals surface area contributed by atoms with E-state index in [0.717, 1.165) is 37.2 Å². The first-order chi connectivity index (χ1) is 10.0. The van der Waals surface area contributed by atoms with E-state index in [2.05, 4.69) is 31.9 Å². The number of halogens is 2. The molecular formula is C15H14Br2N2OS. The number of hydrogen-bond acceptors (Lipinski definition) is 3. The number of hydrogen-bond donors (Lipinski definition) is 1. The molecule has 1 aromatic carbocycles. The molecule has 0 aliphatic heterocycles. The average Bonchev–Trinajstić information content (AvgIpc) is 3.24. The third-order valence-electron chi connectivity index (χ3n) is 3.44. The lowest BCUT2D eigenvalue weighted by atomic mass is 10.2. The molecule has 3 rings (SSSR count). The number of carbonyl (C=O) groups is 1. The van der Waals surface area contributed by atoms with E-state index in [1.165, 1.54) is 11.3 Å². The zero-order chi connectivity index (χ0) is 15.0. The van der Waals surface area contributed by atoms with E-state index in [9.17, 15) is 4.79 Å². The number of nitrogens with two attached hydrogens (primary N) is 1. The monoisotopic (exact) mass is 428 g/mol. The normalized spacial score (nSPS) is 14.2. The Bertz CT molecular complexity index is 645. The summed E-state index contributed by atoms with van der Waals surface area (Å²) < 4.78 is 1.88. The van der Waals surface area contributed by atoms with E-state index < -0.39 is 0 Å². The third-order valence-corrected chi connectivity index (χ3v) is 6.68. The average molecular weight is 430 g/mol. The molecule has 3 nitrogen and oxygen atoms in total. The molecule has 1 aromatic heterocycles. The van der Waals surface area contributed by atoms with Gasteiger partial charge in [-0.05, 0) is 68.5 Å². The Hall–Kier alpha value is -0.850. The van der Waals surface area contributed by atoms with Gasteiger partial charge in [-0.1, -0.05) is 12.1 Å². The van der Waals surface area contributed by atoms with Crippen molar-refractivity contribution in [3.05, 3.63) is 49.0 Å². The van der Waals surface area contributed by atoms with Crippen LogP contribution >= 0.6 is 43.2 Å². The minimum Gasteiger partial charge on any atom is -0.399 e. The molecule has 6 heteroatoms. The van der Waals surface area contributed by atoms with Crippen molar-refractivity contribution in [1.29, 1.82) is 0 Å². The Balaban J connectivity index is 1.81. The Kier molecular flexibility index (Phi) is 4.38. The third kappa shape index (κ3) is 3.49. The highest BCUT2D eigenvalue weighted by Crippen LogP contribution is 2.36. The largest absolute Gasteiger partial charge is 0.399 e. The van der Waals surface area contributed by atoms with E-state index in [4.69, 9.17) is 5.73 Å². The van der Waals surface area contributed by atoms with E-state index in [-0.39, 0.29) is 5.91 Å².